The minimum atomic E-state index is -0.868. The van der Waals surface area contributed by atoms with Crippen molar-refractivity contribution in [2.75, 3.05) is 25.9 Å². The van der Waals surface area contributed by atoms with Crippen molar-refractivity contribution in [1.29, 1.82) is 5.41 Å². The van der Waals surface area contributed by atoms with E-state index in [0.29, 0.717) is 35.7 Å². The van der Waals surface area contributed by atoms with Crippen LogP contribution < -0.4 is 16.2 Å². The summed E-state index contributed by atoms with van der Waals surface area (Å²) in [4.78, 5) is 6.34. The van der Waals surface area contributed by atoms with Crippen LogP contribution in [0.5, 0.6) is 5.75 Å². The lowest BCUT2D eigenvalue weighted by Crippen LogP contribution is -2.34. The van der Waals surface area contributed by atoms with E-state index in [4.69, 9.17) is 21.6 Å². The fourth-order valence-electron chi connectivity index (χ4n) is 4.00. The molecular formula is C25H25F2N5O. The van der Waals surface area contributed by atoms with Crippen molar-refractivity contribution in [2.45, 2.75) is 13.0 Å². The summed E-state index contributed by atoms with van der Waals surface area (Å²) in [6, 6.07) is 15.1. The van der Waals surface area contributed by atoms with E-state index in [2.05, 4.69) is 9.89 Å². The van der Waals surface area contributed by atoms with Crippen LogP contribution in [0.2, 0.25) is 0 Å². The van der Waals surface area contributed by atoms with Gasteiger partial charge in [0.2, 0.25) is 0 Å². The Bertz CT molecular complexity index is 1240. The van der Waals surface area contributed by atoms with E-state index in [1.54, 1.807) is 24.3 Å². The summed E-state index contributed by atoms with van der Waals surface area (Å²) >= 11 is 0. The molecule has 0 fully saturated rings. The standard InChI is InChI=1S/C25H25F2N5O/c1-33-22-4-2-3-19(24(22)29)25(30)31-23(28)14-32-10-9-15-5-6-16(11-18(15)13-32)17-7-8-20(26)21(27)12-17/h2-8,11-12H,9-10,13-14,29H2,1H3,(H3,28,30,31). The molecule has 3 aromatic rings. The Morgan fingerprint density at radius 2 is 1.82 bits per heavy atom. The quantitative estimate of drug-likeness (QED) is 0.312. The fraction of sp³-hybridized carbons (Fsp3) is 0.200. The van der Waals surface area contributed by atoms with Gasteiger partial charge in [0.15, 0.2) is 11.6 Å². The molecule has 0 bridgehead atoms. The average Bonchev–Trinajstić information content (AvgIpc) is 2.80. The number of ether oxygens (including phenoxy) is 1. The van der Waals surface area contributed by atoms with Crippen LogP contribution in [0.3, 0.4) is 0 Å². The van der Waals surface area contributed by atoms with Crippen molar-refractivity contribution in [1.82, 2.24) is 4.90 Å². The van der Waals surface area contributed by atoms with Gasteiger partial charge in [-0.15, -0.1) is 0 Å². The topological polar surface area (TPSA) is 101 Å². The molecule has 0 radical (unpaired) electrons. The van der Waals surface area contributed by atoms with Crippen LogP contribution in [-0.2, 0) is 13.0 Å². The van der Waals surface area contributed by atoms with Gasteiger partial charge in [-0.2, -0.15) is 0 Å². The molecule has 0 aromatic heterocycles. The first-order valence-corrected chi connectivity index (χ1v) is 10.5. The Morgan fingerprint density at radius 3 is 2.58 bits per heavy atom. The van der Waals surface area contributed by atoms with Gasteiger partial charge in [0.05, 0.1) is 19.3 Å². The second-order valence-electron chi connectivity index (χ2n) is 7.94. The molecule has 0 saturated heterocycles. The van der Waals surface area contributed by atoms with Gasteiger partial charge in [0, 0.05) is 18.7 Å². The minimum absolute atomic E-state index is 0.120. The Morgan fingerprint density at radius 1 is 1.06 bits per heavy atom. The number of nitrogens with one attached hydrogen (secondary N) is 1. The molecule has 33 heavy (non-hydrogen) atoms. The third kappa shape index (κ3) is 4.85. The van der Waals surface area contributed by atoms with Crippen molar-refractivity contribution in [2.24, 2.45) is 10.7 Å². The highest BCUT2D eigenvalue weighted by molar-refractivity contribution is 6.08. The largest absolute Gasteiger partial charge is 0.495 e. The maximum Gasteiger partial charge on any atom is 0.159 e. The number of nitrogens with zero attached hydrogens (tertiary/aromatic N) is 2. The number of nitrogens with two attached hydrogens (primary N) is 2. The number of amidine groups is 2. The number of hydrogen-bond acceptors (Lipinski definition) is 4. The first kappa shape index (κ1) is 22.4. The number of nitrogen functional groups attached to an aromatic ring is 1. The third-order valence-electron chi connectivity index (χ3n) is 5.74. The zero-order chi connectivity index (χ0) is 23.5. The molecule has 1 aliphatic rings. The monoisotopic (exact) mass is 449 g/mol. The summed E-state index contributed by atoms with van der Waals surface area (Å²) in [5.41, 5.74) is 16.8. The number of hydrogen-bond donors (Lipinski definition) is 3. The highest BCUT2D eigenvalue weighted by atomic mass is 19.2. The number of rotatable bonds is 5. The van der Waals surface area contributed by atoms with Gasteiger partial charge >= 0.3 is 0 Å². The molecule has 170 valence electrons. The van der Waals surface area contributed by atoms with E-state index in [9.17, 15) is 8.78 Å². The van der Waals surface area contributed by atoms with Crippen molar-refractivity contribution in [3.05, 3.63) is 82.9 Å². The van der Waals surface area contributed by atoms with Crippen LogP contribution in [-0.4, -0.2) is 36.8 Å². The van der Waals surface area contributed by atoms with Gasteiger partial charge in [0.25, 0.3) is 0 Å². The van der Waals surface area contributed by atoms with Crippen LogP contribution >= 0.6 is 0 Å². The number of anilines is 1. The van der Waals surface area contributed by atoms with Crippen LogP contribution in [0.4, 0.5) is 14.5 Å². The molecule has 0 spiro atoms. The lowest BCUT2D eigenvalue weighted by Gasteiger charge is -2.28. The Hall–Kier alpha value is -3.78. The molecule has 4 rings (SSSR count). The highest BCUT2D eigenvalue weighted by Gasteiger charge is 2.19. The van der Waals surface area contributed by atoms with Gasteiger partial charge in [-0.1, -0.05) is 24.3 Å². The SMILES string of the molecule is COc1cccc(/C(N)=N/C(=N)CN2CCc3ccc(-c4ccc(F)c(F)c4)cc3C2)c1N. The molecule has 6 nitrogen and oxygen atoms in total. The van der Waals surface area contributed by atoms with Crippen molar-refractivity contribution in [3.63, 3.8) is 0 Å². The molecule has 1 heterocycles. The molecule has 0 aliphatic carbocycles. The van der Waals surface area contributed by atoms with Crippen molar-refractivity contribution >= 4 is 17.4 Å². The predicted octanol–water partition coefficient (Wildman–Crippen LogP) is 3.96. The lowest BCUT2D eigenvalue weighted by molar-refractivity contribution is 0.289. The first-order chi connectivity index (χ1) is 15.9. The second kappa shape index (κ2) is 9.38. The Labute approximate surface area is 191 Å². The molecule has 0 unspecified atom stereocenters. The van der Waals surface area contributed by atoms with Crippen LogP contribution in [0.25, 0.3) is 11.1 Å². The maximum absolute atomic E-state index is 13.7. The van der Waals surface area contributed by atoms with Crippen LogP contribution in [0, 0.1) is 17.0 Å². The Balaban J connectivity index is 1.48. The smallest absolute Gasteiger partial charge is 0.159 e. The number of aliphatic imine (C=N–C) groups is 1. The minimum Gasteiger partial charge on any atom is -0.495 e. The van der Waals surface area contributed by atoms with Gasteiger partial charge in [-0.25, -0.2) is 13.8 Å². The second-order valence-corrected chi connectivity index (χ2v) is 7.94. The van der Waals surface area contributed by atoms with Crippen molar-refractivity contribution in [3.8, 4) is 16.9 Å². The summed E-state index contributed by atoms with van der Waals surface area (Å²) < 4.78 is 32.2. The van der Waals surface area contributed by atoms with E-state index in [-0.39, 0.29) is 11.7 Å². The van der Waals surface area contributed by atoms with Crippen LogP contribution in [0.15, 0.2) is 59.6 Å². The van der Waals surface area contributed by atoms with E-state index in [0.717, 1.165) is 30.2 Å². The molecule has 8 heteroatoms. The lowest BCUT2D eigenvalue weighted by atomic mass is 9.94. The zero-order valence-corrected chi connectivity index (χ0v) is 18.2. The number of para-hydroxylation sites is 1. The van der Waals surface area contributed by atoms with Gasteiger partial charge in [-0.3, -0.25) is 10.3 Å². The van der Waals surface area contributed by atoms with Crippen molar-refractivity contribution < 1.29 is 13.5 Å². The molecule has 0 amide bonds. The van der Waals surface area contributed by atoms with E-state index in [1.807, 2.05) is 18.2 Å². The first-order valence-electron chi connectivity index (χ1n) is 10.5. The number of fused-ring (bicyclic) bond motifs is 1. The van der Waals surface area contributed by atoms with E-state index in [1.165, 1.54) is 18.7 Å². The average molecular weight is 450 g/mol. The normalized spacial score (nSPS) is 14.1. The maximum atomic E-state index is 13.7. The molecule has 3 aromatic carbocycles. The number of halogens is 2. The summed E-state index contributed by atoms with van der Waals surface area (Å²) in [6.07, 6.45) is 0.822. The third-order valence-corrected chi connectivity index (χ3v) is 5.74. The summed E-state index contributed by atoms with van der Waals surface area (Å²) in [7, 11) is 1.52. The molecular weight excluding hydrogens is 424 g/mol. The summed E-state index contributed by atoms with van der Waals surface area (Å²) in [6.45, 7) is 1.71. The molecule has 0 atom stereocenters. The van der Waals surface area contributed by atoms with E-state index >= 15 is 0 Å². The Kier molecular flexibility index (Phi) is 6.37. The van der Waals surface area contributed by atoms with E-state index < -0.39 is 11.6 Å². The molecule has 0 saturated carbocycles. The highest BCUT2D eigenvalue weighted by Crippen LogP contribution is 2.28. The fourth-order valence-corrected chi connectivity index (χ4v) is 4.00. The van der Waals surface area contributed by atoms with Gasteiger partial charge < -0.3 is 16.2 Å². The predicted molar refractivity (Wildman–Crippen MR) is 127 cm³/mol. The summed E-state index contributed by atoms with van der Waals surface area (Å²) in [5, 5.41) is 8.32. The number of methoxy groups -OCH3 is 1. The van der Waals surface area contributed by atoms with Crippen LogP contribution in [0.1, 0.15) is 16.7 Å². The molecule has 1 aliphatic heterocycles. The summed E-state index contributed by atoms with van der Waals surface area (Å²) in [5.74, 6) is -0.949. The molecule has 5 N–H and O–H groups in total. The number of benzene rings is 3. The van der Waals surface area contributed by atoms with Gasteiger partial charge in [0.1, 0.15) is 17.4 Å². The zero-order valence-electron chi connectivity index (χ0n) is 18.2. The van der Waals surface area contributed by atoms with Gasteiger partial charge in [-0.05, 0) is 59.0 Å².